The van der Waals surface area contributed by atoms with Crippen LogP contribution in [0.3, 0.4) is 0 Å². The molecule has 3 heterocycles. The average molecular weight is 382 g/mol. The van der Waals surface area contributed by atoms with Gasteiger partial charge in [-0.3, -0.25) is 4.79 Å². The molecule has 0 spiro atoms. The fourth-order valence-electron chi connectivity index (χ4n) is 4.65. The van der Waals surface area contributed by atoms with Crippen LogP contribution in [0.5, 0.6) is 0 Å². The van der Waals surface area contributed by atoms with Crippen molar-refractivity contribution in [2.45, 2.75) is 37.1 Å². The molecule has 0 unspecified atom stereocenters. The van der Waals surface area contributed by atoms with E-state index < -0.39 is 0 Å². The number of piperidine rings is 1. The van der Waals surface area contributed by atoms with Crippen LogP contribution in [0.25, 0.3) is 22.1 Å². The number of benzene rings is 1. The second kappa shape index (κ2) is 7.15. The third-order valence-corrected chi connectivity index (χ3v) is 7.06. The van der Waals surface area contributed by atoms with Crippen molar-refractivity contribution in [3.63, 3.8) is 0 Å². The zero-order valence-corrected chi connectivity index (χ0v) is 16.1. The van der Waals surface area contributed by atoms with Gasteiger partial charge in [0.1, 0.15) is 22.5 Å². The van der Waals surface area contributed by atoms with Crippen LogP contribution >= 0.6 is 11.8 Å². The summed E-state index contributed by atoms with van der Waals surface area (Å²) in [4.78, 5) is 23.6. The second-order valence-corrected chi connectivity index (χ2v) is 8.64. The number of amides is 1. The van der Waals surface area contributed by atoms with E-state index >= 15 is 0 Å². The maximum atomic E-state index is 12.8. The summed E-state index contributed by atoms with van der Waals surface area (Å²) in [5.74, 6) is 2.17. The molecule has 2 fully saturated rings. The maximum Gasteiger partial charge on any atom is 0.233 e. The van der Waals surface area contributed by atoms with E-state index in [0.717, 1.165) is 40.5 Å². The Bertz CT molecular complexity index is 986. The first kappa shape index (κ1) is 17.0. The molecule has 5 nitrogen and oxygen atoms in total. The minimum atomic E-state index is 0.215. The summed E-state index contributed by atoms with van der Waals surface area (Å²) in [6, 6.07) is 7.86. The molecular weight excluding hydrogens is 358 g/mol. The molecule has 3 aromatic rings. The van der Waals surface area contributed by atoms with Gasteiger partial charge in [0.15, 0.2) is 5.58 Å². The molecule has 140 valence electrons. The number of carbonyl (C=O) groups is 1. The van der Waals surface area contributed by atoms with Gasteiger partial charge in [-0.25, -0.2) is 9.97 Å². The highest BCUT2D eigenvalue weighted by atomic mass is 32.2. The number of likely N-dealkylation sites (tertiary alicyclic amines) is 1. The minimum Gasteiger partial charge on any atom is -0.451 e. The van der Waals surface area contributed by atoms with Crippen molar-refractivity contribution in [1.82, 2.24) is 14.9 Å². The van der Waals surface area contributed by atoms with Gasteiger partial charge in [-0.05, 0) is 36.8 Å². The summed E-state index contributed by atoms with van der Waals surface area (Å²) in [7, 11) is 0. The number of furan rings is 1. The molecular formula is C21H23N3O2S. The van der Waals surface area contributed by atoms with E-state index in [2.05, 4.69) is 14.9 Å². The van der Waals surface area contributed by atoms with E-state index in [1.807, 2.05) is 24.3 Å². The molecule has 27 heavy (non-hydrogen) atoms. The summed E-state index contributed by atoms with van der Waals surface area (Å²) in [5.41, 5.74) is 2.31. The molecule has 0 bridgehead atoms. The van der Waals surface area contributed by atoms with Crippen molar-refractivity contribution in [1.29, 1.82) is 0 Å². The Hall–Kier alpha value is -2.08. The van der Waals surface area contributed by atoms with E-state index in [1.54, 1.807) is 6.33 Å². The van der Waals surface area contributed by atoms with Gasteiger partial charge in [-0.2, -0.15) is 0 Å². The fraction of sp³-hybridized carbons (Fsp3) is 0.476. The highest BCUT2D eigenvalue weighted by Crippen LogP contribution is 2.37. The van der Waals surface area contributed by atoms with E-state index in [0.29, 0.717) is 17.3 Å². The van der Waals surface area contributed by atoms with Crippen LogP contribution in [-0.2, 0) is 4.79 Å². The smallest absolute Gasteiger partial charge is 0.233 e. The number of carbonyl (C=O) groups excluding carboxylic acids is 1. The van der Waals surface area contributed by atoms with Gasteiger partial charge in [-0.15, -0.1) is 0 Å². The van der Waals surface area contributed by atoms with Crippen LogP contribution in [0.4, 0.5) is 0 Å². The summed E-state index contributed by atoms with van der Waals surface area (Å²) >= 11 is 1.46. The Labute approximate surface area is 162 Å². The number of thioether (sulfide) groups is 1. The van der Waals surface area contributed by atoms with Crippen molar-refractivity contribution < 1.29 is 9.21 Å². The lowest BCUT2D eigenvalue weighted by Crippen LogP contribution is -2.45. The number of para-hydroxylation sites is 1. The maximum absolute atomic E-state index is 12.8. The van der Waals surface area contributed by atoms with Crippen molar-refractivity contribution in [2.24, 2.45) is 11.8 Å². The minimum absolute atomic E-state index is 0.215. The largest absolute Gasteiger partial charge is 0.451 e. The molecule has 2 aliphatic rings. The van der Waals surface area contributed by atoms with Crippen molar-refractivity contribution in [2.75, 3.05) is 18.8 Å². The third kappa shape index (κ3) is 3.20. The Kier molecular flexibility index (Phi) is 4.52. The third-order valence-electron chi connectivity index (χ3n) is 6.10. The highest BCUT2D eigenvalue weighted by Gasteiger charge is 2.32. The lowest BCUT2D eigenvalue weighted by Gasteiger charge is -2.41. The van der Waals surface area contributed by atoms with Gasteiger partial charge in [0.05, 0.1) is 5.75 Å². The fourth-order valence-corrected chi connectivity index (χ4v) is 5.49. The van der Waals surface area contributed by atoms with Gasteiger partial charge in [-0.1, -0.05) is 43.2 Å². The summed E-state index contributed by atoms with van der Waals surface area (Å²) < 4.78 is 5.96. The van der Waals surface area contributed by atoms with Crippen LogP contribution in [0.15, 0.2) is 40.0 Å². The van der Waals surface area contributed by atoms with E-state index in [9.17, 15) is 4.79 Å². The van der Waals surface area contributed by atoms with Gasteiger partial charge in [0, 0.05) is 18.5 Å². The Balaban J connectivity index is 1.30. The van der Waals surface area contributed by atoms with Gasteiger partial charge in [0.25, 0.3) is 0 Å². The van der Waals surface area contributed by atoms with Gasteiger partial charge in [0.2, 0.25) is 5.91 Å². The summed E-state index contributed by atoms with van der Waals surface area (Å²) in [6.07, 6.45) is 8.06. The van der Waals surface area contributed by atoms with Crippen LogP contribution in [0.2, 0.25) is 0 Å². The first-order chi connectivity index (χ1) is 13.3. The predicted molar refractivity (Wildman–Crippen MR) is 107 cm³/mol. The molecule has 6 heteroatoms. The summed E-state index contributed by atoms with van der Waals surface area (Å²) in [6.45, 7) is 1.85. The van der Waals surface area contributed by atoms with Gasteiger partial charge < -0.3 is 9.32 Å². The quantitative estimate of drug-likeness (QED) is 0.494. The normalized spacial score (nSPS) is 22.9. The summed E-state index contributed by atoms with van der Waals surface area (Å²) in [5, 5.41) is 1.74. The van der Waals surface area contributed by atoms with Crippen molar-refractivity contribution in [3.8, 4) is 0 Å². The zero-order chi connectivity index (χ0) is 18.2. The van der Waals surface area contributed by atoms with E-state index in [-0.39, 0.29) is 5.91 Å². The average Bonchev–Trinajstić information content (AvgIpc) is 3.11. The number of aromatic nitrogens is 2. The van der Waals surface area contributed by atoms with Gasteiger partial charge >= 0.3 is 0 Å². The molecule has 5 rings (SSSR count). The standard InChI is InChI=1S/C21H23N3O2S/c25-18(24-10-9-14-5-1-2-6-15(14)11-24)12-27-21-20-19(22-13-23-21)16-7-3-4-8-17(16)26-20/h3-4,7-8,13-15H,1-2,5-6,9-12H2/t14-,15-/m0/s1. The predicted octanol–water partition coefficient (Wildman–Crippen LogP) is 4.51. The van der Waals surface area contributed by atoms with E-state index in [4.69, 9.17) is 4.42 Å². The molecule has 1 saturated heterocycles. The Morgan fingerprint density at radius 1 is 1.15 bits per heavy atom. The lowest BCUT2D eigenvalue weighted by molar-refractivity contribution is -0.131. The monoisotopic (exact) mass is 381 g/mol. The SMILES string of the molecule is O=C(CSc1ncnc2c1oc1ccccc12)N1CC[C@@H]2CCCC[C@H]2C1. The van der Waals surface area contributed by atoms with Crippen LogP contribution in [-0.4, -0.2) is 39.6 Å². The Morgan fingerprint density at radius 2 is 2.00 bits per heavy atom. The number of nitrogens with zero attached hydrogens (tertiary/aromatic N) is 3. The Morgan fingerprint density at radius 3 is 2.93 bits per heavy atom. The van der Waals surface area contributed by atoms with E-state index in [1.165, 1.54) is 43.9 Å². The molecule has 1 aliphatic carbocycles. The first-order valence-corrected chi connectivity index (χ1v) is 10.8. The molecule has 0 N–H and O–H groups in total. The first-order valence-electron chi connectivity index (χ1n) is 9.82. The molecule has 1 saturated carbocycles. The molecule has 2 atom stereocenters. The van der Waals surface area contributed by atoms with Crippen LogP contribution < -0.4 is 0 Å². The van der Waals surface area contributed by atoms with Crippen molar-refractivity contribution >= 4 is 39.7 Å². The topological polar surface area (TPSA) is 59.2 Å². The van der Waals surface area contributed by atoms with Crippen molar-refractivity contribution in [3.05, 3.63) is 30.6 Å². The molecule has 1 aliphatic heterocycles. The number of hydrogen-bond acceptors (Lipinski definition) is 5. The van der Waals surface area contributed by atoms with Crippen LogP contribution in [0, 0.1) is 11.8 Å². The molecule has 0 radical (unpaired) electrons. The number of hydrogen-bond donors (Lipinski definition) is 0. The number of rotatable bonds is 3. The zero-order valence-electron chi connectivity index (χ0n) is 15.3. The number of fused-ring (bicyclic) bond motifs is 4. The second-order valence-electron chi connectivity index (χ2n) is 7.68. The molecule has 2 aromatic heterocycles. The lowest BCUT2D eigenvalue weighted by atomic mass is 9.75. The molecule has 1 aromatic carbocycles. The van der Waals surface area contributed by atoms with Crippen LogP contribution in [0.1, 0.15) is 32.1 Å². The highest BCUT2D eigenvalue weighted by molar-refractivity contribution is 8.00. The molecule has 1 amide bonds.